The molecule has 0 N–H and O–H groups in total. The van der Waals surface area contributed by atoms with Crippen molar-refractivity contribution in [3.63, 3.8) is 0 Å². The molecule has 2 atom stereocenters. The van der Waals surface area contributed by atoms with Crippen molar-refractivity contribution in [1.82, 2.24) is 4.90 Å². The molecule has 0 spiro atoms. The highest BCUT2D eigenvalue weighted by Crippen LogP contribution is 2.23. The fraction of sp³-hybridized carbons (Fsp3) is 0.615. The van der Waals surface area contributed by atoms with Crippen LogP contribution >= 0.6 is 0 Å². The number of hydrogen-bond donors (Lipinski definition) is 0. The van der Waals surface area contributed by atoms with E-state index in [2.05, 4.69) is 18.7 Å². The van der Waals surface area contributed by atoms with Crippen molar-refractivity contribution in [3.05, 3.63) is 23.7 Å². The second kappa shape index (κ2) is 4.83. The average molecular weight is 221 g/mol. The normalized spacial score (nSPS) is 26.9. The summed E-state index contributed by atoms with van der Waals surface area (Å²) in [7, 11) is 0. The van der Waals surface area contributed by atoms with E-state index < -0.39 is 0 Å². The van der Waals surface area contributed by atoms with E-state index in [1.807, 2.05) is 6.07 Å². The minimum Gasteiger partial charge on any atom is -0.457 e. The molecule has 2 rings (SSSR count). The highest BCUT2D eigenvalue weighted by atomic mass is 16.3. The van der Waals surface area contributed by atoms with Crippen LogP contribution in [0.15, 0.2) is 16.5 Å². The Labute approximate surface area is 96.4 Å². The van der Waals surface area contributed by atoms with E-state index in [4.69, 9.17) is 4.42 Å². The molecule has 3 nitrogen and oxygen atoms in total. The lowest BCUT2D eigenvalue weighted by Gasteiger charge is -2.34. The maximum Gasteiger partial charge on any atom is 0.185 e. The average Bonchev–Trinajstić information content (AvgIpc) is 2.71. The van der Waals surface area contributed by atoms with Crippen molar-refractivity contribution < 1.29 is 9.21 Å². The first kappa shape index (κ1) is 11.4. The number of likely N-dealkylation sites (tertiary alicyclic amines) is 1. The van der Waals surface area contributed by atoms with Crippen molar-refractivity contribution >= 4 is 6.29 Å². The number of nitrogens with zero attached hydrogens (tertiary/aromatic N) is 1. The maximum atomic E-state index is 10.5. The molecule has 88 valence electrons. The Morgan fingerprint density at radius 3 is 2.88 bits per heavy atom. The zero-order valence-electron chi connectivity index (χ0n) is 9.98. The van der Waals surface area contributed by atoms with Gasteiger partial charge in [0.1, 0.15) is 5.76 Å². The quantitative estimate of drug-likeness (QED) is 0.735. The Morgan fingerprint density at radius 1 is 1.44 bits per heavy atom. The number of hydrogen-bond acceptors (Lipinski definition) is 3. The third-order valence-electron chi connectivity index (χ3n) is 3.60. The van der Waals surface area contributed by atoms with Crippen LogP contribution in [0.2, 0.25) is 0 Å². The zero-order valence-corrected chi connectivity index (χ0v) is 9.98. The van der Waals surface area contributed by atoms with E-state index in [9.17, 15) is 4.79 Å². The van der Waals surface area contributed by atoms with E-state index >= 15 is 0 Å². The molecule has 1 aliphatic rings. The Balaban J connectivity index is 1.92. The van der Waals surface area contributed by atoms with Gasteiger partial charge in [-0.2, -0.15) is 0 Å². The van der Waals surface area contributed by atoms with Gasteiger partial charge in [-0.15, -0.1) is 0 Å². The number of carbonyl (C=O) groups is 1. The summed E-state index contributed by atoms with van der Waals surface area (Å²) in [4.78, 5) is 12.9. The van der Waals surface area contributed by atoms with Gasteiger partial charge in [-0.3, -0.25) is 9.69 Å². The standard InChI is InChI=1S/C13H19NO2/c1-10-5-6-14(7-11(10)2)8-12-3-4-13(9-15)16-12/h3-4,9-11H,5-8H2,1-2H3. The molecule has 0 aromatic carbocycles. The van der Waals surface area contributed by atoms with Crippen LogP contribution in [0.5, 0.6) is 0 Å². The summed E-state index contributed by atoms with van der Waals surface area (Å²) in [5.41, 5.74) is 0. The third-order valence-corrected chi connectivity index (χ3v) is 3.60. The highest BCUT2D eigenvalue weighted by molar-refractivity contribution is 5.70. The van der Waals surface area contributed by atoms with Gasteiger partial charge < -0.3 is 4.42 Å². The lowest BCUT2D eigenvalue weighted by molar-refractivity contribution is 0.108. The molecule has 1 aromatic heterocycles. The molecule has 0 aliphatic carbocycles. The number of aldehydes is 1. The number of piperidine rings is 1. The molecule has 0 amide bonds. The largest absolute Gasteiger partial charge is 0.457 e. The summed E-state index contributed by atoms with van der Waals surface area (Å²) in [5, 5.41) is 0. The molecular weight excluding hydrogens is 202 g/mol. The van der Waals surface area contributed by atoms with Crippen LogP contribution in [-0.4, -0.2) is 24.3 Å². The predicted octanol–water partition coefficient (Wildman–Crippen LogP) is 2.57. The van der Waals surface area contributed by atoms with Gasteiger partial charge in [-0.1, -0.05) is 13.8 Å². The van der Waals surface area contributed by atoms with Crippen LogP contribution in [0, 0.1) is 11.8 Å². The molecule has 1 aliphatic heterocycles. The van der Waals surface area contributed by atoms with Gasteiger partial charge in [0.2, 0.25) is 0 Å². The van der Waals surface area contributed by atoms with Gasteiger partial charge in [0.25, 0.3) is 0 Å². The molecule has 1 aromatic rings. The Morgan fingerprint density at radius 2 is 2.25 bits per heavy atom. The maximum absolute atomic E-state index is 10.5. The van der Waals surface area contributed by atoms with Crippen molar-refractivity contribution in [2.75, 3.05) is 13.1 Å². The molecular formula is C13H19NO2. The monoisotopic (exact) mass is 221 g/mol. The van der Waals surface area contributed by atoms with E-state index in [0.29, 0.717) is 5.76 Å². The molecule has 0 radical (unpaired) electrons. The Hall–Kier alpha value is -1.09. The van der Waals surface area contributed by atoms with Crippen molar-refractivity contribution in [2.45, 2.75) is 26.8 Å². The minimum absolute atomic E-state index is 0.424. The van der Waals surface area contributed by atoms with Gasteiger partial charge in [0.05, 0.1) is 6.54 Å². The molecule has 3 heteroatoms. The summed E-state index contributed by atoms with van der Waals surface area (Å²) >= 11 is 0. The lowest BCUT2D eigenvalue weighted by Crippen LogP contribution is -2.37. The molecule has 1 fully saturated rings. The molecule has 2 heterocycles. The van der Waals surface area contributed by atoms with Crippen molar-refractivity contribution in [1.29, 1.82) is 0 Å². The van der Waals surface area contributed by atoms with E-state index in [0.717, 1.165) is 43.5 Å². The molecule has 0 saturated carbocycles. The van der Waals surface area contributed by atoms with Crippen LogP contribution in [0.1, 0.15) is 36.6 Å². The lowest BCUT2D eigenvalue weighted by atomic mass is 9.89. The van der Waals surface area contributed by atoms with E-state index in [1.54, 1.807) is 6.07 Å². The van der Waals surface area contributed by atoms with Crippen LogP contribution in [0.4, 0.5) is 0 Å². The van der Waals surface area contributed by atoms with Gasteiger partial charge in [0, 0.05) is 6.54 Å². The van der Waals surface area contributed by atoms with Gasteiger partial charge in [-0.05, 0) is 36.9 Å². The summed E-state index contributed by atoms with van der Waals surface area (Å²) in [6, 6.07) is 3.63. The topological polar surface area (TPSA) is 33.5 Å². The fourth-order valence-electron chi connectivity index (χ4n) is 2.26. The van der Waals surface area contributed by atoms with Gasteiger partial charge in [-0.25, -0.2) is 0 Å². The SMILES string of the molecule is CC1CCN(Cc2ccc(C=O)o2)CC1C. The number of carbonyl (C=O) groups excluding carboxylic acids is 1. The summed E-state index contributed by atoms with van der Waals surface area (Å²) in [6.45, 7) is 7.70. The summed E-state index contributed by atoms with van der Waals surface area (Å²) in [6.07, 6.45) is 2.01. The molecule has 1 saturated heterocycles. The molecule has 2 unspecified atom stereocenters. The predicted molar refractivity (Wildman–Crippen MR) is 62.3 cm³/mol. The second-order valence-corrected chi connectivity index (χ2v) is 4.90. The zero-order chi connectivity index (χ0) is 11.5. The van der Waals surface area contributed by atoms with Crippen LogP contribution in [0.3, 0.4) is 0 Å². The highest BCUT2D eigenvalue weighted by Gasteiger charge is 2.23. The third kappa shape index (κ3) is 2.53. The summed E-state index contributed by atoms with van der Waals surface area (Å²) < 4.78 is 5.39. The van der Waals surface area contributed by atoms with Crippen LogP contribution in [0.25, 0.3) is 0 Å². The first-order valence-corrected chi connectivity index (χ1v) is 5.95. The van der Waals surface area contributed by atoms with Crippen molar-refractivity contribution in [3.8, 4) is 0 Å². The van der Waals surface area contributed by atoms with Gasteiger partial charge >= 0.3 is 0 Å². The molecule has 0 bridgehead atoms. The van der Waals surface area contributed by atoms with Crippen LogP contribution < -0.4 is 0 Å². The fourth-order valence-corrected chi connectivity index (χ4v) is 2.26. The Kier molecular flexibility index (Phi) is 3.44. The van der Waals surface area contributed by atoms with E-state index in [1.165, 1.54) is 6.42 Å². The second-order valence-electron chi connectivity index (χ2n) is 4.90. The summed E-state index contributed by atoms with van der Waals surface area (Å²) in [5.74, 6) is 2.88. The smallest absolute Gasteiger partial charge is 0.185 e. The molecule has 16 heavy (non-hydrogen) atoms. The van der Waals surface area contributed by atoms with Crippen LogP contribution in [-0.2, 0) is 6.54 Å². The first-order valence-electron chi connectivity index (χ1n) is 5.95. The first-order chi connectivity index (χ1) is 7.69. The van der Waals surface area contributed by atoms with Crippen molar-refractivity contribution in [2.24, 2.45) is 11.8 Å². The minimum atomic E-state index is 0.424. The number of rotatable bonds is 3. The Bertz CT molecular complexity index is 359. The van der Waals surface area contributed by atoms with E-state index in [-0.39, 0.29) is 0 Å². The number of furan rings is 1. The van der Waals surface area contributed by atoms with Gasteiger partial charge in [0.15, 0.2) is 12.0 Å².